The Bertz CT molecular complexity index is 3050. The predicted molar refractivity (Wildman–Crippen MR) is 272 cm³/mol. The van der Waals surface area contributed by atoms with Crippen molar-refractivity contribution in [3.8, 4) is 12.1 Å². The van der Waals surface area contributed by atoms with E-state index in [0.717, 1.165) is 55.4 Å². The fourth-order valence-electron chi connectivity index (χ4n) is 11.1. The normalized spacial score (nSPS) is 21.5. The molecule has 2 saturated heterocycles. The highest BCUT2D eigenvalue weighted by Gasteiger charge is 2.58. The Kier molecular flexibility index (Phi) is 13.0. The number of nitrogens with zero attached hydrogens (tertiary/aromatic N) is 4. The van der Waals surface area contributed by atoms with Gasteiger partial charge in [0, 0.05) is 59.1 Å². The summed E-state index contributed by atoms with van der Waals surface area (Å²) in [4.78, 5) is 89.4. The molecule has 6 aromatic rings. The lowest BCUT2D eigenvalue weighted by molar-refractivity contribution is -0.135. The van der Waals surface area contributed by atoms with Crippen LogP contribution in [0, 0.1) is 48.3 Å². The Hall–Kier alpha value is -8.24. The van der Waals surface area contributed by atoms with Crippen molar-refractivity contribution in [2.45, 2.75) is 102 Å². The van der Waals surface area contributed by atoms with Crippen LogP contribution in [0.15, 0.2) is 97.1 Å². The fraction of sp³-hybridized carbons (Fsp3) is 0.357. The number of hydrogen-bond donors (Lipinski definition) is 6. The number of nitriles is 2. The van der Waals surface area contributed by atoms with Crippen LogP contribution in [0.25, 0.3) is 21.8 Å². The molecule has 368 valence electrons. The van der Waals surface area contributed by atoms with Gasteiger partial charge in [0.15, 0.2) is 0 Å². The summed E-state index contributed by atoms with van der Waals surface area (Å²) in [6.07, 6.45) is 1.27. The zero-order valence-corrected chi connectivity index (χ0v) is 41.2. The molecule has 4 aliphatic heterocycles. The number of hydrogen-bond acceptors (Lipinski definition) is 8. The van der Waals surface area contributed by atoms with Gasteiger partial charge in [-0.15, -0.1) is 0 Å². The standard InChI is InChI=1S/2C28H29N5O3/c2*1-16(2)11-24(31-25(34)23-12-19-17(3)7-6-10-21(19)30-23)26(35)33-15-28(13-18(33)14-29)20-8-4-5-9-22(20)32-27(28)36/h2*4-10,12,16,18,24,30H,11,13,15H2,1-3H3,(H,31,34)(H,32,36)/t18-,24+,28-;18-,24-,28-/m00/s1. The first-order valence-corrected chi connectivity index (χ1v) is 24.5. The maximum Gasteiger partial charge on any atom is 0.268 e. The SMILES string of the molecule is Cc1cccc2[nH]c(C(=O)N[C@@H](CC(C)C)C(=O)N3C[C@]4(C[C@H]3C#N)C(=O)Nc3ccccc34)cc12.Cc1cccc2[nH]c(C(=O)N[C@H](CC(C)C)C(=O)N3C[C@]4(C[C@H]3C#N)C(=O)Nc3ccccc34)cc12. The van der Waals surface area contributed by atoms with Gasteiger partial charge in [0.25, 0.3) is 11.8 Å². The van der Waals surface area contributed by atoms with E-state index >= 15 is 0 Å². The van der Waals surface area contributed by atoms with Crippen molar-refractivity contribution in [3.63, 3.8) is 0 Å². The van der Waals surface area contributed by atoms with Gasteiger partial charge in [-0.25, -0.2) is 0 Å². The molecule has 0 radical (unpaired) electrons. The lowest BCUT2D eigenvalue weighted by atomic mass is 9.80. The second kappa shape index (κ2) is 19.2. The number of nitrogens with one attached hydrogen (secondary N) is 6. The van der Waals surface area contributed by atoms with Crippen LogP contribution in [-0.4, -0.2) is 92.5 Å². The number of carbonyl (C=O) groups excluding carboxylic acids is 6. The van der Waals surface area contributed by atoms with Crippen LogP contribution in [0.5, 0.6) is 0 Å². The number of carbonyl (C=O) groups is 6. The first kappa shape index (κ1) is 48.8. The van der Waals surface area contributed by atoms with Crippen LogP contribution in [-0.2, 0) is 30.0 Å². The third-order valence-corrected chi connectivity index (χ3v) is 14.7. The summed E-state index contributed by atoms with van der Waals surface area (Å²) in [5.41, 5.74) is 5.67. The van der Waals surface area contributed by atoms with Crippen molar-refractivity contribution in [3.05, 3.63) is 131 Å². The minimum absolute atomic E-state index is 0.100. The number of para-hydroxylation sites is 2. The Morgan fingerprint density at radius 2 is 1.00 bits per heavy atom. The Labute approximate surface area is 417 Å². The van der Waals surface area contributed by atoms with E-state index < -0.39 is 35.0 Å². The van der Waals surface area contributed by atoms with E-state index in [4.69, 9.17) is 0 Å². The van der Waals surface area contributed by atoms with E-state index in [-0.39, 0.29) is 73.2 Å². The molecule has 4 aromatic carbocycles. The first-order chi connectivity index (χ1) is 34.5. The molecular formula is C56H58N10O6. The summed E-state index contributed by atoms with van der Waals surface area (Å²) < 4.78 is 0. The molecule has 4 aliphatic rings. The van der Waals surface area contributed by atoms with Crippen LogP contribution in [0.4, 0.5) is 11.4 Å². The number of aromatic amines is 2. The molecule has 0 saturated carbocycles. The van der Waals surface area contributed by atoms with Crippen molar-refractivity contribution in [1.82, 2.24) is 30.4 Å². The van der Waals surface area contributed by atoms with Gasteiger partial charge in [-0.2, -0.15) is 10.5 Å². The molecule has 6 atom stereocenters. The average molecular weight is 967 g/mol. The van der Waals surface area contributed by atoms with E-state index in [0.29, 0.717) is 24.2 Å². The number of fused-ring (bicyclic) bond motifs is 6. The lowest BCUT2D eigenvalue weighted by Gasteiger charge is -2.28. The quantitative estimate of drug-likeness (QED) is 0.0815. The van der Waals surface area contributed by atoms with Gasteiger partial charge in [-0.3, -0.25) is 28.8 Å². The Morgan fingerprint density at radius 3 is 1.36 bits per heavy atom. The van der Waals surface area contributed by atoms with Crippen molar-refractivity contribution in [2.24, 2.45) is 11.8 Å². The largest absolute Gasteiger partial charge is 0.351 e. The molecular weight excluding hydrogens is 909 g/mol. The van der Waals surface area contributed by atoms with Gasteiger partial charge in [-0.1, -0.05) is 88.4 Å². The molecule has 0 bridgehead atoms. The smallest absolute Gasteiger partial charge is 0.268 e. The van der Waals surface area contributed by atoms with Gasteiger partial charge < -0.3 is 41.0 Å². The number of anilines is 2. The van der Waals surface area contributed by atoms with Crippen LogP contribution >= 0.6 is 0 Å². The van der Waals surface area contributed by atoms with Crippen LogP contribution in [0.3, 0.4) is 0 Å². The van der Waals surface area contributed by atoms with Crippen molar-refractivity contribution in [2.75, 3.05) is 23.7 Å². The van der Waals surface area contributed by atoms with E-state index in [1.807, 2.05) is 126 Å². The van der Waals surface area contributed by atoms with Crippen LogP contribution < -0.4 is 21.3 Å². The van der Waals surface area contributed by atoms with E-state index in [1.54, 1.807) is 12.1 Å². The number of aryl methyl sites for hydroxylation is 2. The maximum absolute atomic E-state index is 13.8. The van der Waals surface area contributed by atoms with Gasteiger partial charge in [0.05, 0.1) is 23.0 Å². The Morgan fingerprint density at radius 1 is 0.611 bits per heavy atom. The number of likely N-dealkylation sites (tertiary alicyclic amines) is 2. The molecule has 72 heavy (non-hydrogen) atoms. The summed E-state index contributed by atoms with van der Waals surface area (Å²) in [7, 11) is 0. The van der Waals surface area contributed by atoms with Gasteiger partial charge in [0.1, 0.15) is 35.6 Å². The number of rotatable bonds is 10. The average Bonchev–Trinajstić information content (AvgIpc) is 4.22. The Balaban J connectivity index is 0.000000178. The number of amides is 6. The molecule has 10 rings (SSSR count). The summed E-state index contributed by atoms with van der Waals surface area (Å²) in [6.45, 7) is 12.1. The molecule has 16 nitrogen and oxygen atoms in total. The highest BCUT2D eigenvalue weighted by Crippen LogP contribution is 2.48. The van der Waals surface area contributed by atoms with E-state index in [1.165, 1.54) is 9.80 Å². The predicted octanol–water partition coefficient (Wildman–Crippen LogP) is 7.27. The first-order valence-electron chi connectivity index (χ1n) is 24.5. The van der Waals surface area contributed by atoms with Gasteiger partial charge in [0.2, 0.25) is 23.6 Å². The minimum atomic E-state index is -0.965. The highest BCUT2D eigenvalue weighted by atomic mass is 16.2. The molecule has 2 spiro atoms. The fourth-order valence-corrected chi connectivity index (χ4v) is 11.1. The van der Waals surface area contributed by atoms with Gasteiger partial charge in [-0.05, 0) is 97.2 Å². The third kappa shape index (κ3) is 8.71. The molecule has 2 fully saturated rings. The van der Waals surface area contributed by atoms with Crippen molar-refractivity contribution >= 4 is 68.6 Å². The number of aromatic nitrogens is 2. The molecule has 6 N–H and O–H groups in total. The highest BCUT2D eigenvalue weighted by molar-refractivity contribution is 6.09. The van der Waals surface area contributed by atoms with Crippen LogP contribution in [0.2, 0.25) is 0 Å². The zero-order valence-electron chi connectivity index (χ0n) is 41.2. The number of H-pyrrole nitrogens is 2. The molecule has 0 aliphatic carbocycles. The summed E-state index contributed by atoms with van der Waals surface area (Å²) in [5, 5.41) is 33.4. The maximum atomic E-state index is 13.8. The van der Waals surface area contributed by atoms with Crippen molar-refractivity contribution in [1.29, 1.82) is 10.5 Å². The lowest BCUT2D eigenvalue weighted by Crippen LogP contribution is -2.51. The van der Waals surface area contributed by atoms with Crippen molar-refractivity contribution < 1.29 is 28.8 Å². The summed E-state index contributed by atoms with van der Waals surface area (Å²) in [5.74, 6) is -1.59. The monoisotopic (exact) mass is 966 g/mol. The second-order valence-electron chi connectivity index (χ2n) is 20.5. The molecule has 6 heterocycles. The molecule has 2 aromatic heterocycles. The minimum Gasteiger partial charge on any atom is -0.351 e. The molecule has 0 unspecified atom stereocenters. The van der Waals surface area contributed by atoms with E-state index in [9.17, 15) is 39.3 Å². The third-order valence-electron chi connectivity index (χ3n) is 14.7. The zero-order chi connectivity index (χ0) is 51.2. The topological polar surface area (TPSA) is 236 Å². The summed E-state index contributed by atoms with van der Waals surface area (Å²) >= 11 is 0. The molecule has 16 heteroatoms. The van der Waals surface area contributed by atoms with Gasteiger partial charge >= 0.3 is 0 Å². The summed E-state index contributed by atoms with van der Waals surface area (Å²) in [6, 6.07) is 31.3. The molecule has 6 amide bonds. The second-order valence-corrected chi connectivity index (χ2v) is 20.5. The van der Waals surface area contributed by atoms with E-state index in [2.05, 4.69) is 43.4 Å². The number of benzene rings is 4. The van der Waals surface area contributed by atoms with Crippen LogP contribution in [0.1, 0.15) is 96.6 Å².